The molecule has 4 aliphatic rings. The first-order valence-electron chi connectivity index (χ1n) is 7.64. The van der Waals surface area contributed by atoms with Crippen molar-refractivity contribution in [3.05, 3.63) is 0 Å². The summed E-state index contributed by atoms with van der Waals surface area (Å²) in [4.78, 5) is 11.7. The maximum atomic E-state index is 11.7. The maximum Gasteiger partial charge on any atom is 0.221 e. The molecule has 4 fully saturated rings. The minimum absolute atomic E-state index is 0.0245. The normalized spacial score (nSPS) is 42.9. The third kappa shape index (κ3) is 2.42. The Labute approximate surface area is 110 Å². The van der Waals surface area contributed by atoms with Gasteiger partial charge in [-0.25, -0.2) is 0 Å². The lowest BCUT2D eigenvalue weighted by atomic mass is 9.52. The highest BCUT2D eigenvalue weighted by Crippen LogP contribution is 2.56. The van der Waals surface area contributed by atoms with Crippen LogP contribution in [0.25, 0.3) is 0 Å². The number of amides is 1. The number of carbonyl (C=O) groups excluding carboxylic acids is 1. The van der Waals surface area contributed by atoms with E-state index in [1.165, 1.54) is 32.1 Å². The van der Waals surface area contributed by atoms with Crippen molar-refractivity contribution in [2.45, 2.75) is 51.5 Å². The molecule has 4 aliphatic carbocycles. The van der Waals surface area contributed by atoms with E-state index in [1.807, 2.05) is 6.92 Å². The van der Waals surface area contributed by atoms with Crippen LogP contribution in [0.2, 0.25) is 0 Å². The Morgan fingerprint density at radius 1 is 1.17 bits per heavy atom. The van der Waals surface area contributed by atoms with E-state index in [0.29, 0.717) is 6.42 Å². The van der Waals surface area contributed by atoms with Crippen molar-refractivity contribution in [2.24, 2.45) is 35.3 Å². The molecule has 0 spiro atoms. The molecule has 3 N–H and O–H groups in total. The summed E-state index contributed by atoms with van der Waals surface area (Å²) in [6.07, 6.45) is 7.69. The summed E-state index contributed by atoms with van der Waals surface area (Å²) >= 11 is 0. The van der Waals surface area contributed by atoms with E-state index in [1.54, 1.807) is 0 Å². The molecule has 4 bridgehead atoms. The molecule has 0 aromatic heterocycles. The van der Waals surface area contributed by atoms with Crippen molar-refractivity contribution in [1.29, 1.82) is 0 Å². The van der Waals surface area contributed by atoms with Gasteiger partial charge in [0.1, 0.15) is 0 Å². The lowest BCUT2D eigenvalue weighted by Gasteiger charge is -2.54. The quantitative estimate of drug-likeness (QED) is 0.801. The van der Waals surface area contributed by atoms with Crippen molar-refractivity contribution in [3.63, 3.8) is 0 Å². The summed E-state index contributed by atoms with van der Waals surface area (Å²) in [5.74, 6) is 4.73. The SMILES string of the molecule is CC(N)CC(=O)NCC1C2CC3CC(C2)CC1C3. The van der Waals surface area contributed by atoms with Gasteiger partial charge in [-0.05, 0) is 68.6 Å². The summed E-state index contributed by atoms with van der Waals surface area (Å²) < 4.78 is 0. The van der Waals surface area contributed by atoms with Gasteiger partial charge in [0.2, 0.25) is 5.91 Å². The molecule has 18 heavy (non-hydrogen) atoms. The second-order valence-corrected chi connectivity index (χ2v) is 7.08. The van der Waals surface area contributed by atoms with E-state index in [0.717, 1.165) is 36.1 Å². The van der Waals surface area contributed by atoms with Crippen LogP contribution in [-0.2, 0) is 4.79 Å². The number of nitrogens with two attached hydrogens (primary N) is 1. The Kier molecular flexibility index (Phi) is 3.35. The monoisotopic (exact) mass is 250 g/mol. The molecule has 4 saturated carbocycles. The topological polar surface area (TPSA) is 55.1 Å². The van der Waals surface area contributed by atoms with Crippen LogP contribution in [0.3, 0.4) is 0 Å². The molecule has 1 amide bonds. The molecular formula is C15H26N2O. The molecule has 0 aromatic rings. The zero-order valence-electron chi connectivity index (χ0n) is 11.4. The van der Waals surface area contributed by atoms with E-state index >= 15 is 0 Å². The molecule has 0 saturated heterocycles. The molecule has 3 nitrogen and oxygen atoms in total. The summed E-state index contributed by atoms with van der Waals surface area (Å²) in [5.41, 5.74) is 5.66. The summed E-state index contributed by atoms with van der Waals surface area (Å²) in [5, 5.41) is 3.12. The van der Waals surface area contributed by atoms with Gasteiger partial charge in [0.05, 0.1) is 0 Å². The molecule has 3 heteroatoms. The second-order valence-electron chi connectivity index (χ2n) is 7.08. The number of rotatable bonds is 4. The number of nitrogens with one attached hydrogen (secondary N) is 1. The van der Waals surface area contributed by atoms with Crippen LogP contribution < -0.4 is 11.1 Å². The summed E-state index contributed by atoms with van der Waals surface area (Å²) in [7, 11) is 0. The maximum absolute atomic E-state index is 11.7. The van der Waals surface area contributed by atoms with Crippen molar-refractivity contribution in [3.8, 4) is 0 Å². The van der Waals surface area contributed by atoms with E-state index < -0.39 is 0 Å². The molecule has 102 valence electrons. The predicted molar refractivity (Wildman–Crippen MR) is 71.8 cm³/mol. The first kappa shape index (κ1) is 12.5. The van der Waals surface area contributed by atoms with Crippen LogP contribution in [0.5, 0.6) is 0 Å². The van der Waals surface area contributed by atoms with E-state index in [9.17, 15) is 4.79 Å². The number of hydrogen-bond acceptors (Lipinski definition) is 2. The fourth-order valence-electron chi connectivity index (χ4n) is 4.97. The minimum atomic E-state index is -0.0245. The van der Waals surface area contributed by atoms with Gasteiger partial charge in [-0.1, -0.05) is 0 Å². The molecule has 0 aromatic carbocycles. The van der Waals surface area contributed by atoms with Gasteiger partial charge >= 0.3 is 0 Å². The van der Waals surface area contributed by atoms with Gasteiger partial charge in [-0.15, -0.1) is 0 Å². The Morgan fingerprint density at radius 2 is 1.72 bits per heavy atom. The third-order valence-electron chi connectivity index (χ3n) is 5.46. The van der Waals surface area contributed by atoms with Gasteiger partial charge in [-0.2, -0.15) is 0 Å². The lowest BCUT2D eigenvalue weighted by molar-refractivity contribution is -0.122. The van der Waals surface area contributed by atoms with Gasteiger partial charge in [-0.3, -0.25) is 4.79 Å². The molecule has 4 rings (SSSR count). The van der Waals surface area contributed by atoms with Crippen LogP contribution in [0.1, 0.15) is 45.4 Å². The smallest absolute Gasteiger partial charge is 0.221 e. The zero-order chi connectivity index (χ0) is 12.7. The Morgan fingerprint density at radius 3 is 2.22 bits per heavy atom. The first-order chi connectivity index (χ1) is 8.61. The fourth-order valence-corrected chi connectivity index (χ4v) is 4.97. The van der Waals surface area contributed by atoms with Crippen LogP contribution in [0, 0.1) is 29.6 Å². The van der Waals surface area contributed by atoms with Crippen molar-refractivity contribution >= 4 is 5.91 Å². The van der Waals surface area contributed by atoms with Gasteiger partial charge in [0.25, 0.3) is 0 Å². The first-order valence-corrected chi connectivity index (χ1v) is 7.64. The van der Waals surface area contributed by atoms with Crippen molar-refractivity contribution < 1.29 is 4.79 Å². The lowest BCUT2D eigenvalue weighted by Crippen LogP contribution is -2.49. The Hall–Kier alpha value is -0.570. The van der Waals surface area contributed by atoms with Gasteiger partial charge < -0.3 is 11.1 Å². The average Bonchev–Trinajstić information content (AvgIpc) is 2.25. The standard InChI is InChI=1S/C15H26N2O/c1-9(16)2-15(18)17-8-14-12-4-10-3-11(6-12)7-13(14)5-10/h9-14H,2-8,16H2,1H3,(H,17,18). The summed E-state index contributed by atoms with van der Waals surface area (Å²) in [6, 6.07) is -0.0245. The largest absolute Gasteiger partial charge is 0.356 e. The van der Waals surface area contributed by atoms with Crippen LogP contribution in [0.4, 0.5) is 0 Å². The van der Waals surface area contributed by atoms with Gasteiger partial charge in [0.15, 0.2) is 0 Å². The van der Waals surface area contributed by atoms with Crippen molar-refractivity contribution in [2.75, 3.05) is 6.54 Å². The van der Waals surface area contributed by atoms with Crippen molar-refractivity contribution in [1.82, 2.24) is 5.32 Å². The van der Waals surface area contributed by atoms with E-state index in [2.05, 4.69) is 5.32 Å². The predicted octanol–water partition coefficient (Wildman–Crippen LogP) is 1.91. The Balaban J connectivity index is 1.53. The van der Waals surface area contributed by atoms with E-state index in [-0.39, 0.29) is 11.9 Å². The van der Waals surface area contributed by atoms with E-state index in [4.69, 9.17) is 5.73 Å². The molecule has 1 atom stereocenters. The number of carbonyl (C=O) groups is 1. The molecule has 0 aliphatic heterocycles. The molecular weight excluding hydrogens is 224 g/mol. The third-order valence-corrected chi connectivity index (χ3v) is 5.46. The van der Waals surface area contributed by atoms with Crippen LogP contribution in [-0.4, -0.2) is 18.5 Å². The molecule has 0 heterocycles. The highest BCUT2D eigenvalue weighted by atomic mass is 16.1. The molecule has 0 radical (unpaired) electrons. The number of hydrogen-bond donors (Lipinski definition) is 2. The average molecular weight is 250 g/mol. The summed E-state index contributed by atoms with van der Waals surface area (Å²) in [6.45, 7) is 2.79. The minimum Gasteiger partial charge on any atom is -0.356 e. The Bertz CT molecular complexity index is 298. The highest BCUT2D eigenvalue weighted by molar-refractivity contribution is 5.76. The van der Waals surface area contributed by atoms with Crippen LogP contribution >= 0.6 is 0 Å². The highest BCUT2D eigenvalue weighted by Gasteiger charge is 2.47. The second kappa shape index (κ2) is 4.84. The molecule has 1 unspecified atom stereocenters. The van der Waals surface area contributed by atoms with Gasteiger partial charge in [0, 0.05) is 19.0 Å². The zero-order valence-corrected chi connectivity index (χ0v) is 11.4. The fraction of sp³-hybridized carbons (Fsp3) is 0.933. The van der Waals surface area contributed by atoms with Crippen LogP contribution in [0.15, 0.2) is 0 Å².